The maximum atomic E-state index is 4.82. The van der Waals surface area contributed by atoms with Gasteiger partial charge in [-0.1, -0.05) is 42.4 Å². The highest BCUT2D eigenvalue weighted by Crippen LogP contribution is 2.31. The van der Waals surface area contributed by atoms with Crippen LogP contribution in [0.5, 0.6) is 0 Å². The molecule has 0 amide bonds. The van der Waals surface area contributed by atoms with Crippen molar-refractivity contribution in [1.29, 1.82) is 0 Å². The first-order valence-corrected chi connectivity index (χ1v) is 12.0. The molecule has 0 unspecified atom stereocenters. The minimum atomic E-state index is 0.798. The summed E-state index contributed by atoms with van der Waals surface area (Å²) in [6.45, 7) is 7.34. The second kappa shape index (κ2) is 8.59. The quantitative estimate of drug-likeness (QED) is 0.319. The first-order chi connectivity index (χ1) is 13.6. The maximum Gasteiger partial charge on any atom is 0.191 e. The lowest BCUT2D eigenvalue weighted by Crippen LogP contribution is -2.01. The predicted octanol–water partition coefficient (Wildman–Crippen LogP) is 6.45. The predicted molar refractivity (Wildman–Crippen MR) is 120 cm³/mol. The number of benzene rings is 1. The molecule has 4 aromatic rings. The zero-order valence-electron chi connectivity index (χ0n) is 16.2. The molecule has 0 spiro atoms. The van der Waals surface area contributed by atoms with Gasteiger partial charge in [-0.3, -0.25) is 0 Å². The summed E-state index contributed by atoms with van der Waals surface area (Å²) >= 11 is 5.16. The average Bonchev–Trinajstić information content (AvgIpc) is 3.40. The number of rotatable bonds is 7. The van der Waals surface area contributed by atoms with Crippen LogP contribution in [0.3, 0.4) is 0 Å². The van der Waals surface area contributed by atoms with Gasteiger partial charge in [0.1, 0.15) is 5.01 Å². The molecular weight excluding hydrogens is 404 g/mol. The molecule has 4 rings (SSSR count). The van der Waals surface area contributed by atoms with Crippen LogP contribution >= 0.6 is 34.4 Å². The Hall–Kier alpha value is -1.96. The molecule has 0 saturated carbocycles. The Kier molecular flexibility index (Phi) is 5.94. The molecule has 28 heavy (non-hydrogen) atoms. The van der Waals surface area contributed by atoms with Gasteiger partial charge >= 0.3 is 0 Å². The Morgan fingerprint density at radius 2 is 1.93 bits per heavy atom. The van der Waals surface area contributed by atoms with Crippen molar-refractivity contribution in [1.82, 2.24) is 19.7 Å². The number of thiophene rings is 1. The van der Waals surface area contributed by atoms with E-state index in [4.69, 9.17) is 4.98 Å². The lowest BCUT2D eigenvalue weighted by molar-refractivity contribution is 0.626. The van der Waals surface area contributed by atoms with E-state index in [1.54, 1.807) is 34.4 Å². The Morgan fingerprint density at radius 3 is 2.68 bits per heavy atom. The van der Waals surface area contributed by atoms with Crippen LogP contribution in [0.25, 0.3) is 22.0 Å². The van der Waals surface area contributed by atoms with E-state index in [2.05, 4.69) is 76.6 Å². The van der Waals surface area contributed by atoms with Crippen LogP contribution < -0.4 is 0 Å². The minimum absolute atomic E-state index is 0.798. The van der Waals surface area contributed by atoms with E-state index in [0.717, 1.165) is 46.0 Å². The van der Waals surface area contributed by atoms with Gasteiger partial charge in [-0.25, -0.2) is 4.98 Å². The summed E-state index contributed by atoms with van der Waals surface area (Å²) in [4.78, 5) is 6.12. The van der Waals surface area contributed by atoms with E-state index < -0.39 is 0 Å². The lowest BCUT2D eigenvalue weighted by atomic mass is 10.1. The van der Waals surface area contributed by atoms with Crippen LogP contribution in [0, 0.1) is 13.8 Å². The third kappa shape index (κ3) is 4.21. The number of hydrogen-bond donors (Lipinski definition) is 0. The Bertz CT molecular complexity index is 1080. The number of nitrogens with zero attached hydrogens (tertiary/aromatic N) is 4. The second-order valence-electron chi connectivity index (χ2n) is 6.71. The molecule has 144 valence electrons. The fourth-order valence-corrected chi connectivity index (χ4v) is 5.48. The van der Waals surface area contributed by atoms with Crippen molar-refractivity contribution in [2.45, 2.75) is 44.6 Å². The monoisotopic (exact) mass is 426 g/mol. The number of aryl methyl sites for hydroxylation is 2. The first kappa shape index (κ1) is 19.4. The van der Waals surface area contributed by atoms with Crippen LogP contribution in [-0.2, 0) is 12.3 Å². The Balaban J connectivity index is 1.52. The molecule has 3 heterocycles. The molecule has 0 aliphatic carbocycles. The minimum Gasteiger partial charge on any atom is -0.302 e. The third-order valence-electron chi connectivity index (χ3n) is 4.32. The Labute approximate surface area is 177 Å². The number of thioether (sulfide) groups is 1. The summed E-state index contributed by atoms with van der Waals surface area (Å²) in [5.41, 5.74) is 4.69. The normalized spacial score (nSPS) is 11.2. The van der Waals surface area contributed by atoms with Crippen molar-refractivity contribution in [3.8, 4) is 22.0 Å². The van der Waals surface area contributed by atoms with Crippen molar-refractivity contribution in [2.75, 3.05) is 0 Å². The van der Waals surface area contributed by atoms with E-state index in [1.165, 1.54) is 16.0 Å². The fourth-order valence-electron chi connectivity index (χ4n) is 3.02. The smallest absolute Gasteiger partial charge is 0.191 e. The number of hydrogen-bond acceptors (Lipinski definition) is 6. The topological polar surface area (TPSA) is 43.6 Å². The molecule has 1 aromatic carbocycles. The summed E-state index contributed by atoms with van der Waals surface area (Å²) in [5, 5.41) is 15.3. The fraction of sp³-hybridized carbons (Fsp3) is 0.286. The lowest BCUT2D eigenvalue weighted by Gasteiger charge is -2.07. The van der Waals surface area contributed by atoms with Crippen LogP contribution in [0.15, 0.2) is 46.2 Å². The average molecular weight is 427 g/mol. The molecule has 0 aliphatic heterocycles. The van der Waals surface area contributed by atoms with Gasteiger partial charge in [0.2, 0.25) is 0 Å². The summed E-state index contributed by atoms with van der Waals surface area (Å²) in [6.07, 6.45) is 1.05. The highest BCUT2D eigenvalue weighted by atomic mass is 32.2. The van der Waals surface area contributed by atoms with E-state index in [1.807, 2.05) is 0 Å². The zero-order chi connectivity index (χ0) is 19.5. The summed E-state index contributed by atoms with van der Waals surface area (Å²) in [7, 11) is 0. The van der Waals surface area contributed by atoms with Gasteiger partial charge in [-0.15, -0.1) is 32.9 Å². The molecule has 0 bridgehead atoms. The van der Waals surface area contributed by atoms with Crippen molar-refractivity contribution >= 4 is 34.4 Å². The summed E-state index contributed by atoms with van der Waals surface area (Å²) in [6, 6.07) is 10.7. The highest BCUT2D eigenvalue weighted by Gasteiger charge is 2.15. The van der Waals surface area contributed by atoms with E-state index in [0.29, 0.717) is 0 Å². The third-order valence-corrected chi connectivity index (χ3v) is 7.12. The molecule has 0 aliphatic rings. The van der Waals surface area contributed by atoms with Gasteiger partial charge in [-0.2, -0.15) is 0 Å². The summed E-state index contributed by atoms with van der Waals surface area (Å²) in [5.74, 6) is 1.76. The van der Waals surface area contributed by atoms with Gasteiger partial charge in [0.05, 0.1) is 5.69 Å². The molecule has 0 saturated heterocycles. The SMILES string of the molecule is CCCn1c(SCc2csc(-c3cccc(C)c3)n2)nnc1-c1csc(C)c1. The molecule has 0 N–H and O–H groups in total. The van der Waals surface area contributed by atoms with Crippen molar-refractivity contribution in [3.05, 3.63) is 57.2 Å². The van der Waals surface area contributed by atoms with Gasteiger partial charge in [0.25, 0.3) is 0 Å². The zero-order valence-corrected chi connectivity index (χ0v) is 18.6. The molecule has 0 fully saturated rings. The van der Waals surface area contributed by atoms with Gasteiger partial charge in [0, 0.05) is 39.1 Å². The molecule has 7 heteroatoms. The second-order valence-corrected chi connectivity index (χ2v) is 9.62. The van der Waals surface area contributed by atoms with Crippen molar-refractivity contribution in [3.63, 3.8) is 0 Å². The van der Waals surface area contributed by atoms with Crippen LogP contribution in [0.1, 0.15) is 29.5 Å². The van der Waals surface area contributed by atoms with Gasteiger partial charge < -0.3 is 4.57 Å². The van der Waals surface area contributed by atoms with Gasteiger partial charge in [-0.05, 0) is 32.4 Å². The molecule has 0 radical (unpaired) electrons. The first-order valence-electron chi connectivity index (χ1n) is 9.27. The Morgan fingerprint density at radius 1 is 1.04 bits per heavy atom. The van der Waals surface area contributed by atoms with Crippen LogP contribution in [0.2, 0.25) is 0 Å². The van der Waals surface area contributed by atoms with Gasteiger partial charge in [0.15, 0.2) is 11.0 Å². The van der Waals surface area contributed by atoms with Crippen molar-refractivity contribution < 1.29 is 0 Å². The number of thiazole rings is 1. The highest BCUT2D eigenvalue weighted by molar-refractivity contribution is 7.98. The largest absolute Gasteiger partial charge is 0.302 e. The van der Waals surface area contributed by atoms with E-state index in [-0.39, 0.29) is 0 Å². The van der Waals surface area contributed by atoms with Crippen LogP contribution in [0.4, 0.5) is 0 Å². The van der Waals surface area contributed by atoms with E-state index in [9.17, 15) is 0 Å². The molecule has 0 atom stereocenters. The molecule has 4 nitrogen and oxygen atoms in total. The maximum absolute atomic E-state index is 4.82. The molecular formula is C21H22N4S3. The van der Waals surface area contributed by atoms with Crippen molar-refractivity contribution in [2.24, 2.45) is 0 Å². The summed E-state index contributed by atoms with van der Waals surface area (Å²) < 4.78 is 2.24. The molecule has 3 aromatic heterocycles. The number of aromatic nitrogens is 4. The standard InChI is InChI=1S/C21H22N4S3/c1-4-8-25-19(17-10-15(3)26-11-17)23-24-21(25)28-13-18-12-27-20(22-18)16-7-5-6-14(2)9-16/h5-7,9-12H,4,8,13H2,1-3H3. The van der Waals surface area contributed by atoms with E-state index >= 15 is 0 Å². The van der Waals surface area contributed by atoms with Crippen LogP contribution in [-0.4, -0.2) is 19.7 Å².